The zero-order valence-corrected chi connectivity index (χ0v) is 11.8. The van der Waals surface area contributed by atoms with Gasteiger partial charge in [0.15, 0.2) is 0 Å². The Hall–Kier alpha value is -2.19. The van der Waals surface area contributed by atoms with Crippen molar-refractivity contribution in [1.29, 1.82) is 0 Å². The van der Waals surface area contributed by atoms with Crippen LogP contribution in [-0.4, -0.2) is 29.9 Å². The molecule has 0 saturated heterocycles. The van der Waals surface area contributed by atoms with E-state index < -0.39 is 0 Å². The van der Waals surface area contributed by atoms with Crippen LogP contribution in [0.4, 0.5) is 5.69 Å². The molecule has 0 bridgehead atoms. The average molecular weight is 288 g/mol. The van der Waals surface area contributed by atoms with Gasteiger partial charge in [0, 0.05) is 5.75 Å². The number of rotatable bonds is 7. The number of hydrogen-bond donors (Lipinski definition) is 2. The Kier molecular flexibility index (Phi) is 7.01. The van der Waals surface area contributed by atoms with E-state index in [4.69, 9.17) is 6.42 Å². The number of carbonyl (C=O) groups is 2. The number of nitrogens with one attached hydrogen (secondary N) is 2. The number of benzene rings is 1. The SMILES string of the molecule is C#CCNC(=O)c1ccccc1NC(=O)CSCC=C. The molecule has 1 aromatic rings. The molecule has 104 valence electrons. The van der Waals surface area contributed by atoms with Gasteiger partial charge in [-0.05, 0) is 12.1 Å². The Morgan fingerprint density at radius 2 is 2.15 bits per heavy atom. The Morgan fingerprint density at radius 3 is 2.85 bits per heavy atom. The van der Waals surface area contributed by atoms with Gasteiger partial charge < -0.3 is 10.6 Å². The van der Waals surface area contributed by atoms with Crippen molar-refractivity contribution in [3.05, 3.63) is 42.5 Å². The number of anilines is 1. The molecule has 2 N–H and O–H groups in total. The zero-order valence-electron chi connectivity index (χ0n) is 11.0. The summed E-state index contributed by atoms with van der Waals surface area (Å²) < 4.78 is 0. The first-order valence-electron chi connectivity index (χ1n) is 5.98. The van der Waals surface area contributed by atoms with Crippen molar-refractivity contribution in [2.75, 3.05) is 23.4 Å². The van der Waals surface area contributed by atoms with E-state index in [1.165, 1.54) is 11.8 Å². The lowest BCUT2D eigenvalue weighted by atomic mass is 10.1. The van der Waals surface area contributed by atoms with Crippen LogP contribution < -0.4 is 10.6 Å². The second kappa shape index (κ2) is 8.83. The molecule has 0 radical (unpaired) electrons. The van der Waals surface area contributed by atoms with Crippen LogP contribution in [0.1, 0.15) is 10.4 Å². The summed E-state index contributed by atoms with van der Waals surface area (Å²) in [6.45, 7) is 3.73. The number of terminal acetylenes is 1. The van der Waals surface area contributed by atoms with Crippen molar-refractivity contribution in [3.63, 3.8) is 0 Å². The number of thioether (sulfide) groups is 1. The smallest absolute Gasteiger partial charge is 0.254 e. The fraction of sp³-hybridized carbons (Fsp3) is 0.200. The molecule has 0 aromatic heterocycles. The third kappa shape index (κ3) is 5.21. The third-order valence-electron chi connectivity index (χ3n) is 2.27. The van der Waals surface area contributed by atoms with Crippen LogP contribution >= 0.6 is 11.8 Å². The van der Waals surface area contributed by atoms with Gasteiger partial charge in [0.2, 0.25) is 5.91 Å². The van der Waals surface area contributed by atoms with E-state index in [1.807, 2.05) is 0 Å². The zero-order chi connectivity index (χ0) is 14.8. The number of amides is 2. The van der Waals surface area contributed by atoms with E-state index in [1.54, 1.807) is 30.3 Å². The molecule has 0 aliphatic rings. The van der Waals surface area contributed by atoms with E-state index in [9.17, 15) is 9.59 Å². The molecule has 0 atom stereocenters. The molecule has 0 aliphatic heterocycles. The molecule has 0 saturated carbocycles. The minimum absolute atomic E-state index is 0.149. The Bertz CT molecular complexity index is 535. The quantitative estimate of drug-likeness (QED) is 0.458. The topological polar surface area (TPSA) is 58.2 Å². The van der Waals surface area contributed by atoms with Crippen LogP contribution in [0.2, 0.25) is 0 Å². The van der Waals surface area contributed by atoms with Gasteiger partial charge in [-0.2, -0.15) is 0 Å². The number of carbonyl (C=O) groups excluding carboxylic acids is 2. The Morgan fingerprint density at radius 1 is 1.40 bits per heavy atom. The predicted molar refractivity (Wildman–Crippen MR) is 83.8 cm³/mol. The molecule has 4 nitrogen and oxygen atoms in total. The highest BCUT2D eigenvalue weighted by molar-refractivity contribution is 8.00. The van der Waals surface area contributed by atoms with Crippen molar-refractivity contribution < 1.29 is 9.59 Å². The molecule has 20 heavy (non-hydrogen) atoms. The molecule has 0 spiro atoms. The third-order valence-corrected chi connectivity index (χ3v) is 3.20. The van der Waals surface area contributed by atoms with E-state index >= 15 is 0 Å². The fourth-order valence-corrected chi connectivity index (χ4v) is 1.98. The normalized spacial score (nSPS) is 9.35. The minimum atomic E-state index is -0.308. The Labute approximate surface area is 123 Å². The molecule has 0 fully saturated rings. The van der Waals surface area contributed by atoms with Crippen LogP contribution in [0, 0.1) is 12.3 Å². The van der Waals surface area contributed by atoms with E-state index in [2.05, 4.69) is 23.1 Å². The second-order valence-corrected chi connectivity index (χ2v) is 4.81. The summed E-state index contributed by atoms with van der Waals surface area (Å²) in [7, 11) is 0. The average Bonchev–Trinajstić information content (AvgIpc) is 2.45. The summed E-state index contributed by atoms with van der Waals surface area (Å²) in [5.41, 5.74) is 0.871. The molecule has 0 aliphatic carbocycles. The van der Waals surface area contributed by atoms with Gasteiger partial charge in [0.05, 0.1) is 23.5 Å². The first-order chi connectivity index (χ1) is 9.69. The van der Waals surface area contributed by atoms with Crippen molar-refractivity contribution >= 4 is 29.3 Å². The highest BCUT2D eigenvalue weighted by atomic mass is 32.2. The Balaban J connectivity index is 2.70. The molecular weight excluding hydrogens is 272 g/mol. The van der Waals surface area contributed by atoms with Gasteiger partial charge in [-0.3, -0.25) is 9.59 Å². The van der Waals surface area contributed by atoms with Gasteiger partial charge in [0.1, 0.15) is 0 Å². The largest absolute Gasteiger partial charge is 0.341 e. The fourth-order valence-electron chi connectivity index (χ4n) is 1.44. The van der Waals surface area contributed by atoms with E-state index in [0.717, 1.165) is 0 Å². The number of para-hydroxylation sites is 1. The van der Waals surface area contributed by atoms with Gasteiger partial charge >= 0.3 is 0 Å². The lowest BCUT2D eigenvalue weighted by Gasteiger charge is -2.10. The first kappa shape index (κ1) is 15.9. The van der Waals surface area contributed by atoms with Crippen molar-refractivity contribution in [2.24, 2.45) is 0 Å². The van der Waals surface area contributed by atoms with E-state index in [-0.39, 0.29) is 18.4 Å². The maximum atomic E-state index is 11.9. The maximum Gasteiger partial charge on any atom is 0.254 e. The lowest BCUT2D eigenvalue weighted by molar-refractivity contribution is -0.113. The molecule has 0 unspecified atom stereocenters. The molecule has 2 amide bonds. The van der Waals surface area contributed by atoms with Crippen molar-refractivity contribution in [3.8, 4) is 12.3 Å². The summed E-state index contributed by atoms with van der Waals surface area (Å²) in [6.07, 6.45) is 6.83. The minimum Gasteiger partial charge on any atom is -0.341 e. The molecule has 1 rings (SSSR count). The van der Waals surface area contributed by atoms with Gasteiger partial charge in [0.25, 0.3) is 5.91 Å². The van der Waals surface area contributed by atoms with Crippen LogP contribution in [0.25, 0.3) is 0 Å². The highest BCUT2D eigenvalue weighted by Gasteiger charge is 2.12. The second-order valence-electron chi connectivity index (χ2n) is 3.78. The molecule has 0 heterocycles. The van der Waals surface area contributed by atoms with Crippen LogP contribution in [-0.2, 0) is 4.79 Å². The van der Waals surface area contributed by atoms with Crippen molar-refractivity contribution in [1.82, 2.24) is 5.32 Å². The van der Waals surface area contributed by atoms with Gasteiger partial charge in [-0.1, -0.05) is 24.1 Å². The summed E-state index contributed by atoms with van der Waals surface area (Å²) in [4.78, 5) is 23.6. The molecule has 5 heteroatoms. The lowest BCUT2D eigenvalue weighted by Crippen LogP contribution is -2.25. The summed E-state index contributed by atoms with van der Waals surface area (Å²) in [5, 5.41) is 5.29. The van der Waals surface area contributed by atoms with Gasteiger partial charge in [-0.15, -0.1) is 24.8 Å². The maximum absolute atomic E-state index is 11.9. The van der Waals surface area contributed by atoms with Crippen LogP contribution in [0.15, 0.2) is 36.9 Å². The van der Waals surface area contributed by atoms with Gasteiger partial charge in [-0.25, -0.2) is 0 Å². The predicted octanol–water partition coefficient (Wildman–Crippen LogP) is 1.91. The summed E-state index contributed by atoms with van der Waals surface area (Å²) in [5.74, 6) is 2.88. The molecule has 1 aromatic carbocycles. The first-order valence-corrected chi connectivity index (χ1v) is 7.13. The molecular formula is C15H16N2O2S. The monoisotopic (exact) mass is 288 g/mol. The highest BCUT2D eigenvalue weighted by Crippen LogP contribution is 2.15. The van der Waals surface area contributed by atoms with Crippen LogP contribution in [0.5, 0.6) is 0 Å². The van der Waals surface area contributed by atoms with Crippen LogP contribution in [0.3, 0.4) is 0 Å². The van der Waals surface area contributed by atoms with E-state index in [0.29, 0.717) is 22.8 Å². The van der Waals surface area contributed by atoms with Crippen molar-refractivity contribution in [2.45, 2.75) is 0 Å². The summed E-state index contributed by atoms with van der Waals surface area (Å²) in [6, 6.07) is 6.80. The standard InChI is InChI=1S/C15H16N2O2S/c1-3-9-16-15(19)12-7-5-6-8-13(12)17-14(18)11-20-10-4-2/h1,4-8H,2,9-11H2,(H,16,19)(H,17,18). The number of hydrogen-bond acceptors (Lipinski definition) is 3. The summed E-state index contributed by atoms with van der Waals surface area (Å²) >= 11 is 1.45.